The highest BCUT2D eigenvalue weighted by atomic mass is 16.2. The second-order valence-corrected chi connectivity index (χ2v) is 5.66. The number of nitrogens with two attached hydrogens (primary N) is 1. The number of nitrogens with zero attached hydrogens (tertiary/aromatic N) is 1. The van der Waals surface area contributed by atoms with Crippen LogP contribution in [0.5, 0.6) is 0 Å². The average Bonchev–Trinajstić information content (AvgIpc) is 2.35. The van der Waals surface area contributed by atoms with Gasteiger partial charge in [0.25, 0.3) is 0 Å². The van der Waals surface area contributed by atoms with Gasteiger partial charge in [0.05, 0.1) is 6.04 Å². The van der Waals surface area contributed by atoms with Crippen LogP contribution in [0, 0.1) is 11.8 Å². The summed E-state index contributed by atoms with van der Waals surface area (Å²) in [7, 11) is 0. The molecule has 3 heteroatoms. The molecule has 0 saturated carbocycles. The van der Waals surface area contributed by atoms with Crippen LogP contribution in [0.4, 0.5) is 0 Å². The summed E-state index contributed by atoms with van der Waals surface area (Å²) in [6.07, 6.45) is 5.28. The third-order valence-corrected chi connectivity index (χ3v) is 3.98. The van der Waals surface area contributed by atoms with Crippen molar-refractivity contribution in [3.05, 3.63) is 0 Å². The van der Waals surface area contributed by atoms with Crippen LogP contribution in [-0.4, -0.2) is 29.9 Å². The third kappa shape index (κ3) is 4.30. The molecule has 1 fully saturated rings. The monoisotopic (exact) mass is 240 g/mol. The first-order chi connectivity index (χ1) is 8.06. The molecule has 3 nitrogen and oxygen atoms in total. The molecule has 0 spiro atoms. The maximum absolute atomic E-state index is 12.1. The summed E-state index contributed by atoms with van der Waals surface area (Å²) in [5.41, 5.74) is 5.94. The molecular formula is C14H28N2O. The van der Waals surface area contributed by atoms with E-state index in [0.717, 1.165) is 57.0 Å². The number of carbonyl (C=O) groups excluding carboxylic acids is 1. The highest BCUT2D eigenvalue weighted by Gasteiger charge is 2.26. The normalized spacial score (nSPS) is 19.7. The first-order valence-corrected chi connectivity index (χ1v) is 7.10. The van der Waals surface area contributed by atoms with Gasteiger partial charge in [0.15, 0.2) is 0 Å². The zero-order chi connectivity index (χ0) is 12.8. The van der Waals surface area contributed by atoms with Crippen LogP contribution in [-0.2, 0) is 4.79 Å². The Balaban J connectivity index is 2.35. The molecule has 1 amide bonds. The molecule has 2 N–H and O–H groups in total. The molecular weight excluding hydrogens is 212 g/mol. The lowest BCUT2D eigenvalue weighted by atomic mass is 9.86. The molecule has 1 saturated heterocycles. The number of carbonyl (C=O) groups is 1. The maximum atomic E-state index is 12.1. The predicted octanol–water partition coefficient (Wildman–Crippen LogP) is 2.40. The Kier molecular flexibility index (Phi) is 5.96. The van der Waals surface area contributed by atoms with Crippen LogP contribution in [0.1, 0.15) is 52.9 Å². The summed E-state index contributed by atoms with van der Waals surface area (Å²) in [6.45, 7) is 8.48. The van der Waals surface area contributed by atoms with E-state index in [9.17, 15) is 4.79 Å². The Morgan fingerprint density at radius 1 is 1.35 bits per heavy atom. The molecule has 0 aromatic heterocycles. The minimum Gasteiger partial charge on any atom is -0.341 e. The molecule has 1 heterocycles. The average molecular weight is 240 g/mol. The number of piperidine rings is 1. The van der Waals surface area contributed by atoms with Crippen molar-refractivity contribution in [2.45, 2.75) is 58.9 Å². The number of hydrogen-bond acceptors (Lipinski definition) is 2. The Labute approximate surface area is 106 Å². The van der Waals surface area contributed by atoms with Crippen molar-refractivity contribution in [1.29, 1.82) is 0 Å². The van der Waals surface area contributed by atoms with Crippen molar-refractivity contribution in [3.8, 4) is 0 Å². The minimum atomic E-state index is -0.273. The van der Waals surface area contributed by atoms with Crippen molar-refractivity contribution in [2.24, 2.45) is 17.6 Å². The van der Waals surface area contributed by atoms with Gasteiger partial charge in [-0.05, 0) is 31.1 Å². The molecule has 1 rings (SSSR count). The van der Waals surface area contributed by atoms with Gasteiger partial charge in [-0.15, -0.1) is 0 Å². The first kappa shape index (κ1) is 14.5. The molecule has 0 radical (unpaired) electrons. The van der Waals surface area contributed by atoms with Crippen molar-refractivity contribution >= 4 is 5.91 Å². The molecule has 0 aromatic rings. The summed E-state index contributed by atoms with van der Waals surface area (Å²) in [5, 5.41) is 0. The Morgan fingerprint density at radius 2 is 1.94 bits per heavy atom. The molecule has 100 valence electrons. The summed E-state index contributed by atoms with van der Waals surface area (Å²) >= 11 is 0. The van der Waals surface area contributed by atoms with Crippen molar-refractivity contribution in [2.75, 3.05) is 13.1 Å². The second kappa shape index (κ2) is 7.00. The van der Waals surface area contributed by atoms with Gasteiger partial charge in [-0.1, -0.05) is 33.6 Å². The minimum absolute atomic E-state index is 0.167. The number of rotatable bonds is 5. The lowest BCUT2D eigenvalue weighted by Gasteiger charge is -2.35. The molecule has 1 unspecified atom stereocenters. The van der Waals surface area contributed by atoms with Gasteiger partial charge in [-0.2, -0.15) is 0 Å². The van der Waals surface area contributed by atoms with E-state index >= 15 is 0 Å². The molecule has 1 aliphatic heterocycles. The van der Waals surface area contributed by atoms with E-state index < -0.39 is 0 Å². The highest BCUT2D eigenvalue weighted by molar-refractivity contribution is 5.81. The van der Waals surface area contributed by atoms with Crippen LogP contribution in [0.15, 0.2) is 0 Å². The van der Waals surface area contributed by atoms with Gasteiger partial charge >= 0.3 is 0 Å². The van der Waals surface area contributed by atoms with Crippen LogP contribution < -0.4 is 5.73 Å². The Morgan fingerprint density at radius 3 is 2.41 bits per heavy atom. The predicted molar refractivity (Wildman–Crippen MR) is 71.6 cm³/mol. The molecule has 0 bridgehead atoms. The standard InChI is InChI=1S/C14H28N2O/c1-4-5-6-13(15)14(17)16-9-7-12(8-10-16)11(2)3/h11-13H,4-10,15H2,1-3H3. The zero-order valence-electron chi connectivity index (χ0n) is 11.6. The number of hydrogen-bond donors (Lipinski definition) is 1. The van der Waals surface area contributed by atoms with Gasteiger partial charge in [0.2, 0.25) is 5.91 Å². The summed E-state index contributed by atoms with van der Waals surface area (Å²) in [5.74, 6) is 1.69. The number of amides is 1. The van der Waals surface area contributed by atoms with E-state index in [0.29, 0.717) is 0 Å². The van der Waals surface area contributed by atoms with E-state index in [2.05, 4.69) is 20.8 Å². The van der Waals surface area contributed by atoms with Crippen LogP contribution in [0.3, 0.4) is 0 Å². The fourth-order valence-electron chi connectivity index (χ4n) is 2.57. The number of unbranched alkanes of at least 4 members (excludes halogenated alkanes) is 1. The summed E-state index contributed by atoms with van der Waals surface area (Å²) < 4.78 is 0. The van der Waals surface area contributed by atoms with Gasteiger partial charge in [-0.3, -0.25) is 4.79 Å². The topological polar surface area (TPSA) is 46.3 Å². The molecule has 1 aliphatic rings. The van der Waals surface area contributed by atoms with Gasteiger partial charge in [0, 0.05) is 13.1 Å². The van der Waals surface area contributed by atoms with E-state index in [1.165, 1.54) is 0 Å². The van der Waals surface area contributed by atoms with Crippen molar-refractivity contribution in [3.63, 3.8) is 0 Å². The summed E-state index contributed by atoms with van der Waals surface area (Å²) in [6, 6.07) is -0.273. The van der Waals surface area contributed by atoms with Crippen LogP contribution in [0.25, 0.3) is 0 Å². The fraction of sp³-hybridized carbons (Fsp3) is 0.929. The van der Waals surface area contributed by atoms with Crippen molar-refractivity contribution < 1.29 is 4.79 Å². The molecule has 17 heavy (non-hydrogen) atoms. The third-order valence-electron chi connectivity index (χ3n) is 3.98. The van der Waals surface area contributed by atoms with Gasteiger partial charge in [-0.25, -0.2) is 0 Å². The van der Waals surface area contributed by atoms with E-state index in [1.54, 1.807) is 0 Å². The largest absolute Gasteiger partial charge is 0.341 e. The highest BCUT2D eigenvalue weighted by Crippen LogP contribution is 2.24. The SMILES string of the molecule is CCCCC(N)C(=O)N1CCC(C(C)C)CC1. The quantitative estimate of drug-likeness (QED) is 0.802. The molecule has 0 aromatic carbocycles. The number of likely N-dealkylation sites (tertiary alicyclic amines) is 1. The zero-order valence-corrected chi connectivity index (χ0v) is 11.6. The summed E-state index contributed by atoms with van der Waals surface area (Å²) in [4.78, 5) is 14.1. The van der Waals surface area contributed by atoms with E-state index in [1.807, 2.05) is 4.90 Å². The first-order valence-electron chi connectivity index (χ1n) is 7.10. The van der Waals surface area contributed by atoms with E-state index in [-0.39, 0.29) is 11.9 Å². The lowest BCUT2D eigenvalue weighted by Crippen LogP contribution is -2.47. The van der Waals surface area contributed by atoms with Crippen LogP contribution in [0.2, 0.25) is 0 Å². The maximum Gasteiger partial charge on any atom is 0.239 e. The fourth-order valence-corrected chi connectivity index (χ4v) is 2.57. The lowest BCUT2D eigenvalue weighted by molar-refractivity contribution is -0.134. The van der Waals surface area contributed by atoms with Crippen molar-refractivity contribution in [1.82, 2.24) is 4.90 Å². The molecule has 0 aliphatic carbocycles. The van der Waals surface area contributed by atoms with Gasteiger partial charge in [0.1, 0.15) is 0 Å². The van der Waals surface area contributed by atoms with E-state index in [4.69, 9.17) is 5.73 Å². The van der Waals surface area contributed by atoms with Gasteiger partial charge < -0.3 is 10.6 Å². The van der Waals surface area contributed by atoms with Crippen LogP contribution >= 0.6 is 0 Å². The Bertz CT molecular complexity index is 232. The second-order valence-electron chi connectivity index (χ2n) is 5.66. The smallest absolute Gasteiger partial charge is 0.239 e. The Hall–Kier alpha value is -0.570. The molecule has 1 atom stereocenters.